The molecule has 7 heteroatoms. The Hall–Kier alpha value is -4.15. The lowest BCUT2D eigenvalue weighted by Gasteiger charge is -2.34. The van der Waals surface area contributed by atoms with Crippen LogP contribution in [0.3, 0.4) is 0 Å². The second-order valence-electron chi connectivity index (χ2n) is 12.6. The number of fused-ring (bicyclic) bond motifs is 7. The Labute approximate surface area is 239 Å². The van der Waals surface area contributed by atoms with Crippen molar-refractivity contribution in [2.45, 2.75) is 63.3 Å². The summed E-state index contributed by atoms with van der Waals surface area (Å²) in [5, 5.41) is 11.0. The van der Waals surface area contributed by atoms with Gasteiger partial charge in [-0.3, -0.25) is 9.59 Å². The van der Waals surface area contributed by atoms with Crippen molar-refractivity contribution >= 4 is 33.8 Å². The van der Waals surface area contributed by atoms with Crippen molar-refractivity contribution < 1.29 is 23.8 Å². The number of hydrogen-bond donors (Lipinski definition) is 0. The van der Waals surface area contributed by atoms with E-state index in [2.05, 4.69) is 12.6 Å². The summed E-state index contributed by atoms with van der Waals surface area (Å²) in [6.45, 7) is 10.6. The van der Waals surface area contributed by atoms with Crippen LogP contribution in [-0.2, 0) is 14.3 Å². The SMILES string of the molecule is C=C1CC(C)(C)Oc2cc(OCC[C@]34CC[C@](C)(O3)[C@@H]3C(=O)N(c5ccc(C#N)c6ccccc56)C(=O)[C@@H]34)ccc21. The van der Waals surface area contributed by atoms with Gasteiger partial charge in [0.15, 0.2) is 0 Å². The zero-order chi connectivity index (χ0) is 28.7. The van der Waals surface area contributed by atoms with E-state index in [0.29, 0.717) is 48.3 Å². The van der Waals surface area contributed by atoms with Gasteiger partial charge in [-0.15, -0.1) is 0 Å². The van der Waals surface area contributed by atoms with E-state index < -0.39 is 23.0 Å². The summed E-state index contributed by atoms with van der Waals surface area (Å²) in [7, 11) is 0. The number of imide groups is 1. The summed E-state index contributed by atoms with van der Waals surface area (Å²) in [5.74, 6) is -0.156. The molecule has 2 amide bonds. The van der Waals surface area contributed by atoms with Crippen molar-refractivity contribution in [1.82, 2.24) is 0 Å². The Bertz CT molecular complexity index is 1700. The minimum atomic E-state index is -0.774. The molecule has 7 rings (SSSR count). The maximum Gasteiger partial charge on any atom is 0.240 e. The van der Waals surface area contributed by atoms with Crippen molar-refractivity contribution in [1.29, 1.82) is 5.26 Å². The van der Waals surface area contributed by atoms with Gasteiger partial charge in [0, 0.05) is 35.2 Å². The van der Waals surface area contributed by atoms with E-state index >= 15 is 0 Å². The molecule has 7 nitrogen and oxygen atoms in total. The standard InChI is InChI=1S/C34H32N2O5/c1-20-18-32(2,3)40-27-17-22(10-11-23(20)27)39-16-15-34-14-13-33(4,41-34)28-29(34)31(38)36(30(28)37)26-12-9-21(19-35)24-7-5-6-8-25(24)26/h5-12,17,28-29H,1,13-16,18H2,2-4H3/t28-,29+,33-,34-/m0/s1. The number of amides is 2. The van der Waals surface area contributed by atoms with Gasteiger partial charge in [0.2, 0.25) is 11.8 Å². The summed E-state index contributed by atoms with van der Waals surface area (Å²) < 4.78 is 19.0. The average molecular weight is 549 g/mol. The molecule has 41 heavy (non-hydrogen) atoms. The van der Waals surface area contributed by atoms with E-state index in [1.54, 1.807) is 12.1 Å². The van der Waals surface area contributed by atoms with Crippen molar-refractivity contribution in [3.8, 4) is 17.6 Å². The lowest BCUT2D eigenvalue weighted by Crippen LogP contribution is -2.43. The fourth-order valence-electron chi connectivity index (χ4n) is 7.68. The maximum atomic E-state index is 14.1. The van der Waals surface area contributed by atoms with Crippen LogP contribution in [-0.4, -0.2) is 35.2 Å². The molecule has 0 radical (unpaired) electrons. The highest BCUT2D eigenvalue weighted by molar-refractivity contribution is 6.26. The molecule has 4 heterocycles. The molecule has 4 aliphatic heterocycles. The monoisotopic (exact) mass is 548 g/mol. The first-order valence-electron chi connectivity index (χ1n) is 14.2. The topological polar surface area (TPSA) is 88.9 Å². The highest BCUT2D eigenvalue weighted by Crippen LogP contribution is 2.62. The van der Waals surface area contributed by atoms with Crippen LogP contribution in [0.4, 0.5) is 5.69 Å². The molecule has 2 bridgehead atoms. The highest BCUT2D eigenvalue weighted by atomic mass is 16.5. The number of carbonyl (C=O) groups is 2. The van der Waals surface area contributed by atoms with E-state index in [1.165, 1.54) is 4.90 Å². The van der Waals surface area contributed by atoms with Crippen molar-refractivity contribution in [3.63, 3.8) is 0 Å². The van der Waals surface area contributed by atoms with Crippen LogP contribution in [0, 0.1) is 23.2 Å². The Morgan fingerprint density at radius 1 is 1.02 bits per heavy atom. The molecule has 208 valence electrons. The van der Waals surface area contributed by atoms with Gasteiger partial charge in [-0.05, 0) is 63.5 Å². The van der Waals surface area contributed by atoms with Gasteiger partial charge in [-0.2, -0.15) is 5.26 Å². The third kappa shape index (κ3) is 3.74. The lowest BCUT2D eigenvalue weighted by atomic mass is 9.67. The van der Waals surface area contributed by atoms with Crippen LogP contribution in [0.1, 0.15) is 57.6 Å². The van der Waals surface area contributed by atoms with E-state index in [0.717, 1.165) is 28.7 Å². The molecule has 4 atom stereocenters. The normalized spacial score (nSPS) is 29.3. The summed E-state index contributed by atoms with van der Waals surface area (Å²) in [5.41, 5.74) is 1.26. The second-order valence-corrected chi connectivity index (χ2v) is 12.6. The molecular formula is C34H32N2O5. The van der Waals surface area contributed by atoms with Crippen LogP contribution in [0.25, 0.3) is 16.3 Å². The third-order valence-electron chi connectivity index (χ3n) is 9.43. The second kappa shape index (κ2) is 8.67. The van der Waals surface area contributed by atoms with Gasteiger partial charge >= 0.3 is 0 Å². The molecule has 0 aromatic heterocycles. The van der Waals surface area contributed by atoms with E-state index in [1.807, 2.05) is 63.2 Å². The quantitative estimate of drug-likeness (QED) is 0.354. The maximum absolute atomic E-state index is 14.1. The Kier molecular flexibility index (Phi) is 5.46. The van der Waals surface area contributed by atoms with E-state index in [9.17, 15) is 14.9 Å². The van der Waals surface area contributed by atoms with E-state index in [-0.39, 0.29) is 17.4 Å². The molecular weight excluding hydrogens is 516 g/mol. The molecule has 0 N–H and O–H groups in total. The van der Waals surface area contributed by atoms with Crippen molar-refractivity contribution in [2.24, 2.45) is 11.8 Å². The predicted octanol–water partition coefficient (Wildman–Crippen LogP) is 6.18. The van der Waals surface area contributed by atoms with Gasteiger partial charge in [-0.1, -0.05) is 30.8 Å². The molecule has 0 saturated carbocycles. The third-order valence-corrected chi connectivity index (χ3v) is 9.43. The molecule has 3 aromatic carbocycles. The largest absolute Gasteiger partial charge is 0.493 e. The first kappa shape index (κ1) is 25.8. The molecule has 4 aliphatic rings. The first-order valence-corrected chi connectivity index (χ1v) is 14.2. The summed E-state index contributed by atoms with van der Waals surface area (Å²) in [6.07, 6.45) is 2.65. The fourth-order valence-corrected chi connectivity index (χ4v) is 7.68. The van der Waals surface area contributed by atoms with Crippen molar-refractivity contribution in [2.75, 3.05) is 11.5 Å². The Balaban J connectivity index is 1.16. The predicted molar refractivity (Wildman–Crippen MR) is 155 cm³/mol. The number of hydrogen-bond acceptors (Lipinski definition) is 6. The molecule has 3 fully saturated rings. The smallest absolute Gasteiger partial charge is 0.240 e. The fraction of sp³-hybridized carbons (Fsp3) is 0.382. The van der Waals surface area contributed by atoms with Crippen LogP contribution in [0.2, 0.25) is 0 Å². The summed E-state index contributed by atoms with van der Waals surface area (Å²) >= 11 is 0. The molecule has 0 aliphatic carbocycles. The first-order chi connectivity index (χ1) is 19.6. The summed E-state index contributed by atoms with van der Waals surface area (Å²) in [6, 6.07) is 18.8. The number of anilines is 1. The molecule has 3 saturated heterocycles. The Morgan fingerprint density at radius 3 is 2.56 bits per heavy atom. The molecule has 0 spiro atoms. The van der Waals surface area contributed by atoms with Gasteiger partial charge in [0.25, 0.3) is 0 Å². The minimum absolute atomic E-state index is 0.227. The zero-order valence-electron chi connectivity index (χ0n) is 23.5. The number of ether oxygens (including phenoxy) is 3. The van der Waals surface area contributed by atoms with Gasteiger partial charge in [-0.25, -0.2) is 4.90 Å². The van der Waals surface area contributed by atoms with E-state index in [4.69, 9.17) is 14.2 Å². The highest BCUT2D eigenvalue weighted by Gasteiger charge is 2.73. The van der Waals surface area contributed by atoms with Crippen LogP contribution in [0.5, 0.6) is 11.5 Å². The van der Waals surface area contributed by atoms with Gasteiger partial charge in [0.05, 0.1) is 47.0 Å². The number of benzene rings is 3. The molecule has 0 unspecified atom stereocenters. The zero-order valence-corrected chi connectivity index (χ0v) is 23.5. The van der Waals surface area contributed by atoms with Crippen molar-refractivity contribution in [3.05, 3.63) is 72.3 Å². The lowest BCUT2D eigenvalue weighted by molar-refractivity contribution is -0.131. The summed E-state index contributed by atoms with van der Waals surface area (Å²) in [4.78, 5) is 29.4. The number of rotatable bonds is 5. The van der Waals surface area contributed by atoms with Gasteiger partial charge in [0.1, 0.15) is 17.1 Å². The number of carbonyl (C=O) groups excluding carboxylic acids is 2. The molecule has 3 aromatic rings. The number of nitriles is 1. The number of nitrogens with zero attached hydrogens (tertiary/aromatic N) is 2. The minimum Gasteiger partial charge on any atom is -0.493 e. The average Bonchev–Trinajstić information content (AvgIpc) is 3.51. The van der Waals surface area contributed by atoms with Crippen LogP contribution >= 0.6 is 0 Å². The van der Waals surface area contributed by atoms with Crippen LogP contribution in [0.15, 0.2) is 61.2 Å². The van der Waals surface area contributed by atoms with Crippen LogP contribution < -0.4 is 14.4 Å². The Morgan fingerprint density at radius 2 is 1.78 bits per heavy atom. The van der Waals surface area contributed by atoms with Gasteiger partial charge < -0.3 is 14.2 Å².